The first-order chi connectivity index (χ1) is 15.4. The van der Waals surface area contributed by atoms with Crippen molar-refractivity contribution in [3.8, 4) is 5.75 Å². The second-order valence-electron chi connectivity index (χ2n) is 8.29. The van der Waals surface area contributed by atoms with Crippen LogP contribution < -0.4 is 15.8 Å². The smallest absolute Gasteiger partial charge is 0.224 e. The van der Waals surface area contributed by atoms with Crippen molar-refractivity contribution in [2.75, 3.05) is 13.7 Å². The van der Waals surface area contributed by atoms with Crippen LogP contribution in [-0.4, -0.2) is 30.6 Å². The zero-order chi connectivity index (χ0) is 22.7. The van der Waals surface area contributed by atoms with Gasteiger partial charge < -0.3 is 15.8 Å². The molecule has 2 aliphatic rings. The average molecular weight is 460 g/mol. The number of thioether (sulfide) groups is 1. The molecule has 0 radical (unpaired) electrons. The standard InChI is InChI=1S/C24H27F2N3O2S/c1-28-23(18-14-16(25)9-10-20(18)26)32-24(11-12-31-21-8-3-2-7-19(21)24)29-22(30)15-5-4-6-17(27)13-15/h2-3,7-10,14-15,17H,4-6,11-13,27H2,1H3,(H,29,30)/t15-,17+,24?/m1/s1. The lowest BCUT2D eigenvalue weighted by atomic mass is 9.85. The first kappa shape index (κ1) is 22.7. The van der Waals surface area contributed by atoms with E-state index in [0.29, 0.717) is 30.2 Å². The SMILES string of the molecule is CN=C(SC1(NC(=O)[C@@H]2CCC[C@H](N)C2)CCOc2ccccc21)c1cc(F)ccc1F. The van der Waals surface area contributed by atoms with Gasteiger partial charge in [0, 0.05) is 36.6 Å². The molecule has 0 aromatic heterocycles. The van der Waals surface area contributed by atoms with E-state index in [1.165, 1.54) is 18.8 Å². The number of fused-ring (bicyclic) bond motifs is 1. The van der Waals surface area contributed by atoms with Gasteiger partial charge in [-0.3, -0.25) is 9.79 Å². The van der Waals surface area contributed by atoms with E-state index in [1.54, 1.807) is 0 Å². The van der Waals surface area contributed by atoms with Gasteiger partial charge in [-0.05, 0) is 43.5 Å². The summed E-state index contributed by atoms with van der Waals surface area (Å²) in [6.07, 6.45) is 3.71. The Kier molecular flexibility index (Phi) is 6.81. The molecule has 3 N–H and O–H groups in total. The third-order valence-corrected chi connectivity index (χ3v) is 7.55. The van der Waals surface area contributed by atoms with Crippen LogP contribution in [0.3, 0.4) is 0 Å². The van der Waals surface area contributed by atoms with Crippen molar-refractivity contribution in [3.05, 3.63) is 65.2 Å². The molecule has 1 heterocycles. The van der Waals surface area contributed by atoms with Gasteiger partial charge in [0.25, 0.3) is 0 Å². The number of ether oxygens (including phenoxy) is 1. The highest BCUT2D eigenvalue weighted by atomic mass is 32.2. The first-order valence-corrected chi connectivity index (χ1v) is 11.6. The summed E-state index contributed by atoms with van der Waals surface area (Å²) in [7, 11) is 1.54. The highest BCUT2D eigenvalue weighted by Crippen LogP contribution is 2.47. The maximum Gasteiger partial charge on any atom is 0.224 e. The van der Waals surface area contributed by atoms with Gasteiger partial charge in [-0.1, -0.05) is 36.4 Å². The Morgan fingerprint density at radius 1 is 1.25 bits per heavy atom. The largest absolute Gasteiger partial charge is 0.493 e. The molecule has 0 bridgehead atoms. The molecule has 3 atom stereocenters. The van der Waals surface area contributed by atoms with Gasteiger partial charge in [-0.15, -0.1) is 0 Å². The molecule has 1 amide bonds. The van der Waals surface area contributed by atoms with E-state index in [1.807, 2.05) is 24.3 Å². The van der Waals surface area contributed by atoms with E-state index in [4.69, 9.17) is 10.5 Å². The molecule has 1 aliphatic heterocycles. The highest BCUT2D eigenvalue weighted by Gasteiger charge is 2.43. The Balaban J connectivity index is 1.72. The fourth-order valence-corrected chi connectivity index (χ4v) is 5.74. The third kappa shape index (κ3) is 4.66. The Morgan fingerprint density at radius 3 is 2.84 bits per heavy atom. The van der Waals surface area contributed by atoms with Gasteiger partial charge in [-0.2, -0.15) is 0 Å². The van der Waals surface area contributed by atoms with Crippen molar-refractivity contribution < 1.29 is 18.3 Å². The van der Waals surface area contributed by atoms with Crippen LogP contribution in [-0.2, 0) is 9.67 Å². The molecular formula is C24H27F2N3O2S. The zero-order valence-electron chi connectivity index (χ0n) is 17.9. The van der Waals surface area contributed by atoms with E-state index in [0.717, 1.165) is 43.0 Å². The van der Waals surface area contributed by atoms with E-state index in [-0.39, 0.29) is 23.4 Å². The van der Waals surface area contributed by atoms with Crippen LogP contribution in [0.1, 0.15) is 43.2 Å². The minimum atomic E-state index is -0.929. The Bertz CT molecular complexity index is 1030. The molecule has 170 valence electrons. The lowest BCUT2D eigenvalue weighted by Gasteiger charge is -2.40. The molecule has 2 aromatic rings. The number of nitrogens with zero attached hydrogens (tertiary/aromatic N) is 1. The van der Waals surface area contributed by atoms with Crippen molar-refractivity contribution in [2.45, 2.75) is 43.0 Å². The van der Waals surface area contributed by atoms with Crippen LogP contribution >= 0.6 is 11.8 Å². The van der Waals surface area contributed by atoms with E-state index in [9.17, 15) is 13.6 Å². The van der Waals surface area contributed by atoms with Gasteiger partial charge in [0.2, 0.25) is 5.91 Å². The predicted molar refractivity (Wildman–Crippen MR) is 123 cm³/mol. The predicted octanol–water partition coefficient (Wildman–Crippen LogP) is 4.34. The van der Waals surface area contributed by atoms with Gasteiger partial charge in [0.15, 0.2) is 0 Å². The van der Waals surface area contributed by atoms with Crippen molar-refractivity contribution in [1.82, 2.24) is 5.32 Å². The van der Waals surface area contributed by atoms with Crippen LogP contribution in [0.4, 0.5) is 8.78 Å². The first-order valence-electron chi connectivity index (χ1n) is 10.8. The number of rotatable bonds is 4. The molecule has 1 saturated carbocycles. The summed E-state index contributed by atoms with van der Waals surface area (Å²) in [5.74, 6) is -0.731. The normalized spacial score (nSPS) is 25.6. The number of carbonyl (C=O) groups is 1. The molecular weight excluding hydrogens is 432 g/mol. The molecule has 5 nitrogen and oxygen atoms in total. The molecule has 1 fully saturated rings. The summed E-state index contributed by atoms with van der Waals surface area (Å²) in [6.45, 7) is 0.372. The molecule has 0 spiro atoms. The summed E-state index contributed by atoms with van der Waals surface area (Å²) < 4.78 is 34.3. The van der Waals surface area contributed by atoms with Gasteiger partial charge in [-0.25, -0.2) is 8.78 Å². The second-order valence-corrected chi connectivity index (χ2v) is 9.58. The number of hydrogen-bond acceptors (Lipinski definition) is 5. The minimum absolute atomic E-state index is 0.0132. The lowest BCUT2D eigenvalue weighted by molar-refractivity contribution is -0.127. The Labute approximate surface area is 190 Å². The summed E-state index contributed by atoms with van der Waals surface area (Å²) in [6, 6.07) is 10.8. The summed E-state index contributed by atoms with van der Waals surface area (Å²) in [5.41, 5.74) is 6.96. The molecule has 32 heavy (non-hydrogen) atoms. The topological polar surface area (TPSA) is 76.7 Å². The zero-order valence-corrected chi connectivity index (χ0v) is 18.8. The van der Waals surface area contributed by atoms with Crippen molar-refractivity contribution in [1.29, 1.82) is 0 Å². The molecule has 4 rings (SSSR count). The van der Waals surface area contributed by atoms with Crippen LogP contribution in [0.2, 0.25) is 0 Å². The molecule has 2 aromatic carbocycles. The fraction of sp³-hybridized carbons (Fsp3) is 0.417. The Hall–Kier alpha value is -2.45. The second kappa shape index (κ2) is 9.58. The number of carbonyl (C=O) groups excluding carboxylic acids is 1. The van der Waals surface area contributed by atoms with Gasteiger partial charge in [0.1, 0.15) is 27.3 Å². The molecule has 0 saturated heterocycles. The molecule has 1 unspecified atom stereocenters. The Morgan fingerprint density at radius 2 is 2.06 bits per heavy atom. The lowest BCUT2D eigenvalue weighted by Crippen LogP contribution is -2.50. The number of halogens is 2. The molecule has 8 heteroatoms. The number of hydrogen-bond donors (Lipinski definition) is 2. The summed E-state index contributed by atoms with van der Waals surface area (Å²) in [5, 5.41) is 3.54. The summed E-state index contributed by atoms with van der Waals surface area (Å²) in [4.78, 5) is 16.7. The number of benzene rings is 2. The number of nitrogens with one attached hydrogen (secondary N) is 1. The highest BCUT2D eigenvalue weighted by molar-refractivity contribution is 8.15. The number of para-hydroxylation sites is 1. The number of amides is 1. The minimum Gasteiger partial charge on any atom is -0.493 e. The van der Waals surface area contributed by atoms with E-state index >= 15 is 0 Å². The van der Waals surface area contributed by atoms with Crippen molar-refractivity contribution in [2.24, 2.45) is 16.6 Å². The van der Waals surface area contributed by atoms with Crippen LogP contribution in [0, 0.1) is 17.6 Å². The van der Waals surface area contributed by atoms with Crippen LogP contribution in [0.25, 0.3) is 0 Å². The van der Waals surface area contributed by atoms with Crippen LogP contribution in [0.5, 0.6) is 5.75 Å². The summed E-state index contributed by atoms with van der Waals surface area (Å²) >= 11 is 1.23. The number of aliphatic imine (C=N–C) groups is 1. The van der Waals surface area contributed by atoms with Crippen LogP contribution in [0.15, 0.2) is 47.5 Å². The quantitative estimate of drug-likeness (QED) is 0.405. The maximum absolute atomic E-state index is 14.6. The van der Waals surface area contributed by atoms with Gasteiger partial charge in [0.05, 0.1) is 6.61 Å². The van der Waals surface area contributed by atoms with Crippen molar-refractivity contribution in [3.63, 3.8) is 0 Å². The monoisotopic (exact) mass is 459 g/mol. The van der Waals surface area contributed by atoms with E-state index in [2.05, 4.69) is 10.3 Å². The van der Waals surface area contributed by atoms with Gasteiger partial charge >= 0.3 is 0 Å². The fourth-order valence-electron chi connectivity index (χ4n) is 4.44. The average Bonchev–Trinajstić information content (AvgIpc) is 2.79. The molecule has 1 aliphatic carbocycles. The number of nitrogens with two attached hydrogens (primary N) is 1. The maximum atomic E-state index is 14.6. The van der Waals surface area contributed by atoms with E-state index < -0.39 is 16.5 Å². The third-order valence-electron chi connectivity index (χ3n) is 6.08. The van der Waals surface area contributed by atoms with Crippen molar-refractivity contribution >= 4 is 22.7 Å².